The maximum absolute atomic E-state index is 14.5. The number of anilines is 3. The van der Waals surface area contributed by atoms with Gasteiger partial charge in [0.15, 0.2) is 0 Å². The van der Waals surface area contributed by atoms with Gasteiger partial charge in [0.2, 0.25) is 5.91 Å². The molecule has 228 valence electrons. The lowest BCUT2D eigenvalue weighted by Crippen LogP contribution is -2.21. The minimum Gasteiger partial charge on any atom is -0.326 e. The van der Waals surface area contributed by atoms with Gasteiger partial charge in [-0.1, -0.05) is 6.07 Å². The average molecular weight is 658 g/mol. The molecule has 43 heavy (non-hydrogen) atoms. The van der Waals surface area contributed by atoms with Crippen LogP contribution in [0.1, 0.15) is 27.4 Å². The van der Waals surface area contributed by atoms with Gasteiger partial charge in [0, 0.05) is 17.7 Å². The summed E-state index contributed by atoms with van der Waals surface area (Å²) in [7, 11) is 0. The monoisotopic (exact) mass is 657 g/mol. The van der Waals surface area contributed by atoms with Gasteiger partial charge in [0.25, 0.3) is 11.8 Å². The maximum Gasteiger partial charge on any atom is 0.419 e. The molecule has 17 heteroatoms. The smallest absolute Gasteiger partial charge is 0.326 e. The van der Waals surface area contributed by atoms with Crippen molar-refractivity contribution in [3.8, 4) is 0 Å². The Morgan fingerprint density at radius 2 is 1.37 bits per heavy atom. The van der Waals surface area contributed by atoms with Crippen molar-refractivity contribution >= 4 is 58.0 Å². The van der Waals surface area contributed by atoms with Gasteiger partial charge < -0.3 is 16.0 Å². The Balaban J connectivity index is 1.53. The lowest BCUT2D eigenvalue weighted by atomic mass is 10.0. The second kappa shape index (κ2) is 11.6. The van der Waals surface area contributed by atoms with Gasteiger partial charge in [-0.05, 0) is 42.0 Å². The van der Waals surface area contributed by atoms with Gasteiger partial charge in [-0.25, -0.2) is 17.6 Å². The quantitative estimate of drug-likeness (QED) is 0.185. The Bertz CT molecular complexity index is 1630. The van der Waals surface area contributed by atoms with Crippen LogP contribution in [0.5, 0.6) is 0 Å². The van der Waals surface area contributed by atoms with E-state index >= 15 is 0 Å². The molecular formula is C26H14Cl2F9N3O3. The summed E-state index contributed by atoms with van der Waals surface area (Å²) >= 11 is 12.3. The molecule has 4 rings (SSSR count). The van der Waals surface area contributed by atoms with Crippen LogP contribution in [-0.4, -0.2) is 28.5 Å². The number of hydrogen-bond donors (Lipinski definition) is 3. The highest BCUT2D eigenvalue weighted by molar-refractivity contribution is 6.53. The van der Waals surface area contributed by atoms with Crippen molar-refractivity contribution < 1.29 is 53.9 Å². The van der Waals surface area contributed by atoms with Crippen LogP contribution in [0.3, 0.4) is 0 Å². The SMILES string of the molecule is O=C(Nc1cc(NC(=O)C(F)F)c(F)cc1F)c1cc(NC(=O)[C@H]2[C@H](c3ccc(F)c(C(F)(F)F)c3)C2(Cl)Cl)ccc1F. The van der Waals surface area contributed by atoms with Crippen molar-refractivity contribution in [2.45, 2.75) is 22.9 Å². The van der Waals surface area contributed by atoms with Gasteiger partial charge in [0.05, 0.1) is 28.4 Å². The van der Waals surface area contributed by atoms with Gasteiger partial charge in [-0.3, -0.25) is 14.4 Å². The van der Waals surface area contributed by atoms with Crippen LogP contribution in [0.15, 0.2) is 48.5 Å². The molecule has 1 aliphatic carbocycles. The van der Waals surface area contributed by atoms with Crippen molar-refractivity contribution in [1.29, 1.82) is 0 Å². The summed E-state index contributed by atoms with van der Waals surface area (Å²) in [6.07, 6.45) is -8.59. The molecule has 1 fully saturated rings. The topological polar surface area (TPSA) is 87.3 Å². The highest BCUT2D eigenvalue weighted by Crippen LogP contribution is 2.65. The van der Waals surface area contributed by atoms with Gasteiger partial charge in [-0.15, -0.1) is 23.2 Å². The highest BCUT2D eigenvalue weighted by Gasteiger charge is 2.67. The molecule has 0 aromatic heterocycles. The minimum atomic E-state index is -5.04. The molecule has 1 saturated carbocycles. The predicted octanol–water partition coefficient (Wildman–Crippen LogP) is 7.24. The van der Waals surface area contributed by atoms with Crippen molar-refractivity contribution in [1.82, 2.24) is 0 Å². The molecule has 0 heterocycles. The molecule has 2 atom stereocenters. The molecule has 3 N–H and O–H groups in total. The number of hydrogen-bond acceptors (Lipinski definition) is 3. The van der Waals surface area contributed by atoms with Gasteiger partial charge in [-0.2, -0.15) is 22.0 Å². The van der Waals surface area contributed by atoms with Gasteiger partial charge in [0.1, 0.15) is 27.6 Å². The van der Waals surface area contributed by atoms with Crippen LogP contribution in [0.2, 0.25) is 0 Å². The van der Waals surface area contributed by atoms with Crippen molar-refractivity contribution in [3.05, 3.63) is 88.5 Å². The summed E-state index contributed by atoms with van der Waals surface area (Å²) in [5, 5.41) is 5.63. The molecule has 0 bridgehead atoms. The van der Waals surface area contributed by atoms with Gasteiger partial charge >= 0.3 is 12.6 Å². The first-order chi connectivity index (χ1) is 19.9. The number of rotatable bonds is 7. The molecule has 6 nitrogen and oxygen atoms in total. The second-order valence-corrected chi connectivity index (χ2v) is 10.6. The van der Waals surface area contributed by atoms with E-state index in [1.807, 2.05) is 5.32 Å². The van der Waals surface area contributed by atoms with E-state index in [4.69, 9.17) is 23.2 Å². The molecule has 0 aliphatic heterocycles. The Morgan fingerprint density at radius 1 is 0.767 bits per heavy atom. The van der Waals surface area contributed by atoms with E-state index < -0.39 is 92.3 Å². The van der Waals surface area contributed by atoms with Crippen LogP contribution in [0.4, 0.5) is 56.6 Å². The van der Waals surface area contributed by atoms with Crippen LogP contribution in [-0.2, 0) is 15.8 Å². The Morgan fingerprint density at radius 3 is 1.98 bits per heavy atom. The standard InChI is InChI=1S/C26H14Cl2F9N3O3/c27-25(28)19(9-1-3-14(30)12(5-9)26(35,36)37)20(25)23(42)38-10-2-4-13(29)11(6-10)22(41)39-17-8-18(16(32)7-15(17)31)40-24(43)21(33)34/h1-8,19-21H,(H,38,42)(H,39,41)(H,40,43)/t19-,20+/m0/s1. The lowest BCUT2D eigenvalue weighted by Gasteiger charge is -2.12. The fraction of sp³-hybridized carbons (Fsp3) is 0.192. The average Bonchev–Trinajstić information content (AvgIpc) is 3.49. The van der Waals surface area contributed by atoms with E-state index in [-0.39, 0.29) is 17.3 Å². The third kappa shape index (κ3) is 6.67. The second-order valence-electron chi connectivity index (χ2n) is 9.11. The van der Waals surface area contributed by atoms with Crippen LogP contribution in [0, 0.1) is 29.2 Å². The normalized spacial score (nSPS) is 17.4. The van der Waals surface area contributed by atoms with E-state index in [2.05, 4.69) is 5.32 Å². The first-order valence-electron chi connectivity index (χ1n) is 11.7. The molecule has 0 saturated heterocycles. The van der Waals surface area contributed by atoms with Crippen molar-refractivity contribution in [2.75, 3.05) is 16.0 Å². The molecule has 3 amide bonds. The largest absolute Gasteiger partial charge is 0.419 e. The number of nitrogens with one attached hydrogen (secondary N) is 3. The molecule has 3 aromatic rings. The summed E-state index contributed by atoms with van der Waals surface area (Å²) < 4.78 is 119. The molecule has 0 spiro atoms. The summed E-state index contributed by atoms with van der Waals surface area (Å²) in [5.41, 5.74) is -4.60. The molecule has 3 aromatic carbocycles. The molecule has 1 aliphatic rings. The lowest BCUT2D eigenvalue weighted by molar-refractivity contribution is -0.140. The van der Waals surface area contributed by atoms with Crippen molar-refractivity contribution in [3.63, 3.8) is 0 Å². The van der Waals surface area contributed by atoms with E-state index in [0.717, 1.165) is 18.2 Å². The maximum atomic E-state index is 14.5. The minimum absolute atomic E-state index is 0.166. The van der Waals surface area contributed by atoms with E-state index in [9.17, 15) is 53.9 Å². The van der Waals surface area contributed by atoms with Crippen LogP contribution < -0.4 is 16.0 Å². The van der Waals surface area contributed by atoms with E-state index in [0.29, 0.717) is 24.3 Å². The molecular weight excluding hydrogens is 644 g/mol. The number of carbonyl (C=O) groups is 3. The van der Waals surface area contributed by atoms with Crippen LogP contribution >= 0.6 is 23.2 Å². The number of benzene rings is 3. The summed E-state index contributed by atoms with van der Waals surface area (Å²) in [6.45, 7) is 0. The highest BCUT2D eigenvalue weighted by atomic mass is 35.5. The number of halogens is 11. The zero-order chi connectivity index (χ0) is 32.0. The number of amides is 3. The predicted molar refractivity (Wildman–Crippen MR) is 136 cm³/mol. The third-order valence-electron chi connectivity index (χ3n) is 6.23. The Kier molecular flexibility index (Phi) is 8.62. The first kappa shape index (κ1) is 31.9. The fourth-order valence-electron chi connectivity index (χ4n) is 4.14. The van der Waals surface area contributed by atoms with E-state index in [1.165, 1.54) is 5.32 Å². The zero-order valence-electron chi connectivity index (χ0n) is 20.7. The number of alkyl halides is 7. The molecule has 0 unspecified atom stereocenters. The molecule has 0 radical (unpaired) electrons. The van der Waals surface area contributed by atoms with E-state index in [1.54, 1.807) is 0 Å². The fourth-order valence-corrected chi connectivity index (χ4v) is 4.96. The Hall–Kier alpha value is -3.98. The third-order valence-corrected chi connectivity index (χ3v) is 7.17. The number of carbonyl (C=O) groups excluding carboxylic acids is 3. The Labute approximate surface area is 245 Å². The van der Waals surface area contributed by atoms with Crippen molar-refractivity contribution in [2.24, 2.45) is 5.92 Å². The zero-order valence-corrected chi connectivity index (χ0v) is 22.2. The summed E-state index contributed by atoms with van der Waals surface area (Å²) in [4.78, 5) is 36.7. The summed E-state index contributed by atoms with van der Waals surface area (Å²) in [6, 6.07) is 5.10. The summed E-state index contributed by atoms with van der Waals surface area (Å²) in [5.74, 6) is -12.4. The first-order valence-corrected chi connectivity index (χ1v) is 12.4. The van der Waals surface area contributed by atoms with Crippen LogP contribution in [0.25, 0.3) is 0 Å².